The van der Waals surface area contributed by atoms with E-state index in [-0.39, 0.29) is 31.1 Å². The topological polar surface area (TPSA) is 78.9 Å². The van der Waals surface area contributed by atoms with Crippen molar-refractivity contribution >= 4 is 17.9 Å². The first-order chi connectivity index (χ1) is 35.5. The lowest BCUT2D eigenvalue weighted by Crippen LogP contribution is -2.30. The summed E-state index contributed by atoms with van der Waals surface area (Å²) in [6, 6.07) is 0. The van der Waals surface area contributed by atoms with Gasteiger partial charge in [0.05, 0.1) is 0 Å². The fraction of sp³-hybridized carbons (Fsp3) is 0.894. The number of esters is 3. The lowest BCUT2D eigenvalue weighted by atomic mass is 10.0. The molecule has 0 N–H and O–H groups in total. The van der Waals surface area contributed by atoms with E-state index in [4.69, 9.17) is 14.2 Å². The minimum Gasteiger partial charge on any atom is -0.462 e. The van der Waals surface area contributed by atoms with E-state index in [1.54, 1.807) is 0 Å². The second-order valence-electron chi connectivity index (χ2n) is 22.0. The number of hydrogen-bond acceptors (Lipinski definition) is 6. The van der Waals surface area contributed by atoms with Gasteiger partial charge in [0.2, 0.25) is 0 Å². The highest BCUT2D eigenvalue weighted by molar-refractivity contribution is 5.71. The van der Waals surface area contributed by atoms with E-state index in [0.29, 0.717) is 19.3 Å². The fourth-order valence-electron chi connectivity index (χ4n) is 9.82. The highest BCUT2D eigenvalue weighted by Gasteiger charge is 2.19. The molecule has 0 aliphatic heterocycles. The van der Waals surface area contributed by atoms with Gasteiger partial charge < -0.3 is 14.2 Å². The van der Waals surface area contributed by atoms with Gasteiger partial charge in [-0.2, -0.15) is 0 Å². The van der Waals surface area contributed by atoms with Gasteiger partial charge in [0.25, 0.3) is 0 Å². The van der Waals surface area contributed by atoms with E-state index in [1.165, 1.54) is 238 Å². The first-order valence-electron chi connectivity index (χ1n) is 32.3. The van der Waals surface area contributed by atoms with E-state index >= 15 is 0 Å². The highest BCUT2D eigenvalue weighted by atomic mass is 16.6. The van der Waals surface area contributed by atoms with Crippen LogP contribution in [0.5, 0.6) is 0 Å². The first kappa shape index (κ1) is 69.9. The molecule has 0 saturated carbocycles. The van der Waals surface area contributed by atoms with Gasteiger partial charge in [0.1, 0.15) is 13.2 Å². The zero-order valence-electron chi connectivity index (χ0n) is 48.7. The Morgan fingerprint density at radius 3 is 0.806 bits per heavy atom. The van der Waals surface area contributed by atoms with Crippen molar-refractivity contribution in [2.24, 2.45) is 0 Å². The van der Waals surface area contributed by atoms with Crippen LogP contribution in [0.3, 0.4) is 0 Å². The summed E-state index contributed by atoms with van der Waals surface area (Å²) >= 11 is 0. The fourth-order valence-corrected chi connectivity index (χ4v) is 9.82. The maximum Gasteiger partial charge on any atom is 0.306 e. The van der Waals surface area contributed by atoms with Crippen LogP contribution in [0.1, 0.15) is 361 Å². The van der Waals surface area contributed by atoms with Crippen LogP contribution in [0.25, 0.3) is 0 Å². The van der Waals surface area contributed by atoms with Gasteiger partial charge in [-0.05, 0) is 44.9 Å². The van der Waals surface area contributed by atoms with Crippen molar-refractivity contribution in [2.45, 2.75) is 367 Å². The molecule has 1 atom stereocenters. The summed E-state index contributed by atoms with van der Waals surface area (Å²) in [5.74, 6) is -0.874. The smallest absolute Gasteiger partial charge is 0.306 e. The first-order valence-corrected chi connectivity index (χ1v) is 32.3. The summed E-state index contributed by atoms with van der Waals surface area (Å²) < 4.78 is 16.8. The SMILES string of the molecule is CCCC/C=C\C/C=C\CCCCCCCC(=O)OC(COC(=O)CCCCCCCCC)COC(=O)CCCCCCCCCCCCCCCCCCCCCCCCCCCCCCCCCCC. The Hall–Kier alpha value is -2.11. The number of hydrogen-bond donors (Lipinski definition) is 0. The van der Waals surface area contributed by atoms with Crippen molar-refractivity contribution in [1.82, 2.24) is 0 Å². The van der Waals surface area contributed by atoms with Crippen molar-refractivity contribution in [2.75, 3.05) is 13.2 Å². The third kappa shape index (κ3) is 58.8. The third-order valence-corrected chi connectivity index (χ3v) is 14.7. The average Bonchev–Trinajstić information content (AvgIpc) is 3.38. The zero-order valence-corrected chi connectivity index (χ0v) is 48.7. The molecule has 72 heavy (non-hydrogen) atoms. The molecule has 0 amide bonds. The second-order valence-corrected chi connectivity index (χ2v) is 22.0. The summed E-state index contributed by atoms with van der Waals surface area (Å²) in [6.07, 6.45) is 73.9. The van der Waals surface area contributed by atoms with E-state index in [0.717, 1.165) is 83.5 Å². The molecule has 0 heterocycles. The van der Waals surface area contributed by atoms with Gasteiger partial charge in [0, 0.05) is 19.3 Å². The van der Waals surface area contributed by atoms with E-state index in [1.807, 2.05) is 0 Å². The molecule has 0 aromatic heterocycles. The van der Waals surface area contributed by atoms with Gasteiger partial charge in [-0.1, -0.05) is 321 Å². The summed E-state index contributed by atoms with van der Waals surface area (Å²) in [5, 5.41) is 0. The van der Waals surface area contributed by atoms with Crippen LogP contribution in [-0.4, -0.2) is 37.2 Å². The standard InChI is InChI=1S/C66H124O6/c1-4-7-10-13-16-18-20-22-24-25-26-27-28-29-30-31-32-33-34-35-36-37-38-39-40-41-42-44-45-47-50-53-56-59-65(68)71-62-63(61-70-64(67)58-55-52-49-15-12-9-6-3)72-66(69)60-57-54-51-48-46-43-23-21-19-17-14-11-8-5-2/h14,17,21,23,63H,4-13,15-16,18-20,22,24-62H2,1-3H3/b17-14-,23-21-. The third-order valence-electron chi connectivity index (χ3n) is 14.7. The molecule has 0 fully saturated rings. The molecule has 1 unspecified atom stereocenters. The van der Waals surface area contributed by atoms with Gasteiger partial charge in [-0.25, -0.2) is 0 Å². The monoisotopic (exact) mass is 1010 g/mol. The average molecular weight is 1010 g/mol. The Morgan fingerprint density at radius 2 is 0.514 bits per heavy atom. The van der Waals surface area contributed by atoms with Crippen LogP contribution >= 0.6 is 0 Å². The number of unbranched alkanes of at least 4 members (excludes halogenated alkanes) is 45. The van der Waals surface area contributed by atoms with Crippen LogP contribution in [-0.2, 0) is 28.6 Å². The number of carbonyl (C=O) groups is 3. The molecule has 424 valence electrons. The van der Waals surface area contributed by atoms with Crippen molar-refractivity contribution in [3.63, 3.8) is 0 Å². The molecular formula is C66H124O6. The molecule has 0 radical (unpaired) electrons. The van der Waals surface area contributed by atoms with E-state index in [9.17, 15) is 14.4 Å². The molecule has 0 aromatic carbocycles. The summed E-state index contributed by atoms with van der Waals surface area (Å²) in [4.78, 5) is 37.9. The van der Waals surface area contributed by atoms with Crippen LogP contribution in [0.2, 0.25) is 0 Å². The summed E-state index contributed by atoms with van der Waals surface area (Å²) in [5.41, 5.74) is 0. The molecule has 0 aliphatic rings. The van der Waals surface area contributed by atoms with Gasteiger partial charge in [0.15, 0.2) is 6.10 Å². The van der Waals surface area contributed by atoms with Crippen LogP contribution in [0.15, 0.2) is 24.3 Å². The minimum absolute atomic E-state index is 0.0724. The van der Waals surface area contributed by atoms with E-state index < -0.39 is 6.10 Å². The molecule has 6 heteroatoms. The number of allylic oxidation sites excluding steroid dienone is 4. The Kier molecular flexibility index (Phi) is 59.6. The van der Waals surface area contributed by atoms with E-state index in [2.05, 4.69) is 45.1 Å². The lowest BCUT2D eigenvalue weighted by molar-refractivity contribution is -0.167. The molecule has 0 aliphatic carbocycles. The van der Waals surface area contributed by atoms with Gasteiger partial charge in [-0.15, -0.1) is 0 Å². The molecule has 0 bridgehead atoms. The molecule has 0 saturated heterocycles. The quantitative estimate of drug-likeness (QED) is 0.0261. The molecule has 0 aromatic rings. The lowest BCUT2D eigenvalue weighted by Gasteiger charge is -2.18. The molecule has 0 spiro atoms. The maximum absolute atomic E-state index is 12.8. The molecule has 6 nitrogen and oxygen atoms in total. The number of carbonyl (C=O) groups excluding carboxylic acids is 3. The Morgan fingerprint density at radius 1 is 0.278 bits per heavy atom. The second kappa shape index (κ2) is 61.4. The Balaban J connectivity index is 3.91. The van der Waals surface area contributed by atoms with Gasteiger partial charge >= 0.3 is 17.9 Å². The molecule has 0 rings (SSSR count). The molecular weight excluding hydrogens is 889 g/mol. The minimum atomic E-state index is -0.772. The highest BCUT2D eigenvalue weighted by Crippen LogP contribution is 2.18. The Bertz CT molecular complexity index is 1160. The van der Waals surface area contributed by atoms with Crippen LogP contribution in [0.4, 0.5) is 0 Å². The van der Waals surface area contributed by atoms with Crippen LogP contribution in [0, 0.1) is 0 Å². The van der Waals surface area contributed by atoms with Crippen molar-refractivity contribution < 1.29 is 28.6 Å². The normalized spacial score (nSPS) is 12.1. The predicted molar refractivity (Wildman–Crippen MR) is 312 cm³/mol. The maximum atomic E-state index is 12.8. The predicted octanol–water partition coefficient (Wildman–Crippen LogP) is 21.8. The van der Waals surface area contributed by atoms with Crippen LogP contribution < -0.4 is 0 Å². The summed E-state index contributed by atoms with van der Waals surface area (Å²) in [7, 11) is 0. The van der Waals surface area contributed by atoms with Gasteiger partial charge in [-0.3, -0.25) is 14.4 Å². The number of ether oxygens (including phenoxy) is 3. The van der Waals surface area contributed by atoms with Crippen molar-refractivity contribution in [1.29, 1.82) is 0 Å². The number of rotatable bonds is 60. The van der Waals surface area contributed by atoms with Crippen molar-refractivity contribution in [3.8, 4) is 0 Å². The zero-order chi connectivity index (χ0) is 52.2. The summed E-state index contributed by atoms with van der Waals surface area (Å²) in [6.45, 7) is 6.60. The largest absolute Gasteiger partial charge is 0.462 e. The van der Waals surface area contributed by atoms with Crippen molar-refractivity contribution in [3.05, 3.63) is 24.3 Å². The Labute approximate surface area is 449 Å².